The zero-order valence-corrected chi connectivity index (χ0v) is 26.7. The molecule has 1 aromatic heterocycles. The van der Waals surface area contributed by atoms with Crippen LogP contribution in [0.25, 0.3) is 0 Å². The highest BCUT2D eigenvalue weighted by Crippen LogP contribution is 2.38. The molecule has 0 spiro atoms. The van der Waals surface area contributed by atoms with E-state index in [2.05, 4.69) is 15.6 Å². The Balaban J connectivity index is 1.27. The van der Waals surface area contributed by atoms with Gasteiger partial charge >= 0.3 is 0 Å². The van der Waals surface area contributed by atoms with Crippen molar-refractivity contribution in [3.05, 3.63) is 106 Å². The molecule has 6 rings (SSSR count). The predicted molar refractivity (Wildman–Crippen MR) is 174 cm³/mol. The lowest BCUT2D eigenvalue weighted by atomic mass is 9.94. The van der Waals surface area contributed by atoms with E-state index in [0.717, 1.165) is 16.7 Å². The quantitative estimate of drug-likeness (QED) is 0.231. The predicted octanol–water partition coefficient (Wildman–Crippen LogP) is 5.49. The second-order valence-electron chi connectivity index (χ2n) is 11.2. The fraction of sp³-hybridized carbons (Fsp3) is 0.294. The van der Waals surface area contributed by atoms with Gasteiger partial charge in [0.1, 0.15) is 17.6 Å². The summed E-state index contributed by atoms with van der Waals surface area (Å²) < 4.78 is 27.1. The van der Waals surface area contributed by atoms with Crippen molar-refractivity contribution in [1.82, 2.24) is 19.7 Å². The van der Waals surface area contributed by atoms with Crippen LogP contribution in [0.15, 0.2) is 83.2 Å². The first-order valence-electron chi connectivity index (χ1n) is 15.0. The van der Waals surface area contributed by atoms with E-state index < -0.39 is 6.04 Å². The first-order valence-corrected chi connectivity index (χ1v) is 16.0. The number of thioether (sulfide) groups is 1. The molecule has 238 valence electrons. The number of rotatable bonds is 9. The highest BCUT2D eigenvalue weighted by atomic mass is 32.2. The Morgan fingerprint density at radius 2 is 1.83 bits per heavy atom. The van der Waals surface area contributed by atoms with E-state index in [1.165, 1.54) is 17.8 Å². The summed E-state index contributed by atoms with van der Waals surface area (Å²) in [5, 5.41) is 11.5. The Morgan fingerprint density at radius 3 is 2.57 bits per heavy atom. The molecular formula is C34H35FN6O4S. The number of aryl methyl sites for hydroxylation is 2. The zero-order valence-electron chi connectivity index (χ0n) is 25.9. The smallest absolute Gasteiger partial charge is 0.260 e. The molecule has 2 N–H and O–H groups in total. The number of carbonyl (C=O) groups excluding carboxylic acids is 2. The molecule has 46 heavy (non-hydrogen) atoms. The molecule has 2 aliphatic heterocycles. The summed E-state index contributed by atoms with van der Waals surface area (Å²) in [6.07, 6.45) is 0. The number of hydrogen-bond donors (Lipinski definition) is 2. The first kappa shape index (κ1) is 31.3. The second-order valence-corrected chi connectivity index (χ2v) is 12.2. The minimum absolute atomic E-state index is 0.0783. The molecule has 10 nitrogen and oxygen atoms in total. The summed E-state index contributed by atoms with van der Waals surface area (Å²) in [5.74, 6) is 0.691. The number of benzene rings is 3. The van der Waals surface area contributed by atoms with Crippen molar-refractivity contribution in [1.29, 1.82) is 0 Å². The summed E-state index contributed by atoms with van der Waals surface area (Å²) in [4.78, 5) is 33.0. The Hall–Kier alpha value is -4.68. The molecular weight excluding hydrogens is 607 g/mol. The lowest BCUT2D eigenvalue weighted by Gasteiger charge is -2.29. The van der Waals surface area contributed by atoms with Gasteiger partial charge in [0.05, 0.1) is 18.8 Å². The third-order valence-corrected chi connectivity index (χ3v) is 8.83. The Bertz CT molecular complexity index is 1780. The van der Waals surface area contributed by atoms with Gasteiger partial charge in [0.15, 0.2) is 6.61 Å². The van der Waals surface area contributed by atoms with Crippen LogP contribution in [0.2, 0.25) is 0 Å². The molecule has 1 atom stereocenters. The molecule has 1 saturated heterocycles. The van der Waals surface area contributed by atoms with Crippen LogP contribution in [0.4, 0.5) is 16.0 Å². The number of nitrogens with zero attached hydrogens (tertiary/aromatic N) is 4. The van der Waals surface area contributed by atoms with E-state index in [1.807, 2.05) is 51.1 Å². The summed E-state index contributed by atoms with van der Waals surface area (Å²) in [6.45, 7) is 7.87. The zero-order chi connectivity index (χ0) is 32.2. The molecule has 3 aromatic carbocycles. The molecule has 3 heterocycles. The van der Waals surface area contributed by atoms with Crippen molar-refractivity contribution in [2.24, 2.45) is 0 Å². The fourth-order valence-corrected chi connectivity index (χ4v) is 6.31. The number of anilines is 2. The summed E-state index contributed by atoms with van der Waals surface area (Å²) in [5.41, 5.74) is 5.20. The van der Waals surface area contributed by atoms with Crippen LogP contribution in [-0.4, -0.2) is 64.4 Å². The number of carbonyl (C=O) groups is 2. The standard InChI is InChI=1S/C34H35FN6O4S/c1-21-8-13-28(22(2)18-21)37-32(43)30-23(3)36-33-38-34(46-20-25-6-4-5-7-27(25)35)39-41(33)31(30)24-9-11-26(12-10-24)45-19-29(42)40-14-16-44-17-15-40/h4-13,18,31H,14-17,19-20H2,1-3H3,(H,37,43)(H,36,38,39). The van der Waals surface area contributed by atoms with Gasteiger partial charge in [-0.2, -0.15) is 4.98 Å². The van der Waals surface area contributed by atoms with Crippen molar-refractivity contribution in [2.45, 2.75) is 37.7 Å². The van der Waals surface area contributed by atoms with E-state index in [-0.39, 0.29) is 24.2 Å². The van der Waals surface area contributed by atoms with Gasteiger partial charge in [0.2, 0.25) is 11.1 Å². The second kappa shape index (κ2) is 13.8. The topological polar surface area (TPSA) is 111 Å². The number of aromatic nitrogens is 3. The van der Waals surface area contributed by atoms with E-state index in [1.54, 1.807) is 39.9 Å². The third kappa shape index (κ3) is 6.92. The maximum atomic E-state index is 14.3. The molecule has 0 bridgehead atoms. The monoisotopic (exact) mass is 642 g/mol. The Kier molecular flexibility index (Phi) is 9.36. The van der Waals surface area contributed by atoms with Crippen LogP contribution in [0.1, 0.15) is 35.2 Å². The number of hydrogen-bond acceptors (Lipinski definition) is 8. The molecule has 1 unspecified atom stereocenters. The number of allylic oxidation sites excluding steroid dienone is 1. The van der Waals surface area contributed by atoms with Gasteiger partial charge in [-0.3, -0.25) is 9.59 Å². The minimum atomic E-state index is -0.624. The van der Waals surface area contributed by atoms with E-state index in [9.17, 15) is 14.0 Å². The average Bonchev–Trinajstić information content (AvgIpc) is 3.47. The van der Waals surface area contributed by atoms with Crippen LogP contribution in [0, 0.1) is 19.7 Å². The number of halogens is 1. The van der Waals surface area contributed by atoms with Crippen LogP contribution in [-0.2, 0) is 20.1 Å². The number of amides is 2. The van der Waals surface area contributed by atoms with Crippen molar-refractivity contribution in [3.63, 3.8) is 0 Å². The third-order valence-electron chi connectivity index (χ3n) is 7.94. The van der Waals surface area contributed by atoms with Gasteiger partial charge in [-0.05, 0) is 61.7 Å². The molecule has 12 heteroatoms. The average molecular weight is 643 g/mol. The Labute approximate surface area is 271 Å². The molecule has 1 fully saturated rings. The highest BCUT2D eigenvalue weighted by molar-refractivity contribution is 7.98. The number of morpholine rings is 1. The highest BCUT2D eigenvalue weighted by Gasteiger charge is 2.34. The summed E-state index contributed by atoms with van der Waals surface area (Å²) in [6, 6.07) is 19.1. The number of nitrogens with one attached hydrogen (secondary N) is 2. The van der Waals surface area contributed by atoms with Gasteiger partial charge in [-0.25, -0.2) is 9.07 Å². The van der Waals surface area contributed by atoms with Crippen molar-refractivity contribution in [3.8, 4) is 5.75 Å². The van der Waals surface area contributed by atoms with Crippen LogP contribution >= 0.6 is 11.8 Å². The molecule has 0 aliphatic carbocycles. The fourth-order valence-electron chi connectivity index (χ4n) is 5.49. The normalized spacial score (nSPS) is 16.1. The molecule has 2 aliphatic rings. The van der Waals surface area contributed by atoms with Crippen molar-refractivity contribution < 1.29 is 23.5 Å². The molecule has 0 saturated carbocycles. The van der Waals surface area contributed by atoms with Crippen LogP contribution < -0.4 is 15.4 Å². The maximum Gasteiger partial charge on any atom is 0.260 e. The van der Waals surface area contributed by atoms with E-state index in [4.69, 9.17) is 14.6 Å². The lowest BCUT2D eigenvalue weighted by Crippen LogP contribution is -2.42. The van der Waals surface area contributed by atoms with Crippen LogP contribution in [0.5, 0.6) is 5.75 Å². The molecule has 2 amide bonds. The Morgan fingerprint density at radius 1 is 1.07 bits per heavy atom. The number of ether oxygens (including phenoxy) is 2. The van der Waals surface area contributed by atoms with E-state index in [0.29, 0.717) is 71.4 Å². The number of fused-ring (bicyclic) bond motifs is 1. The maximum absolute atomic E-state index is 14.3. The SMILES string of the molecule is CC1=C(C(=O)Nc2ccc(C)cc2C)C(c2ccc(OCC(=O)N3CCOCC3)cc2)n2nc(SCc3ccccc3F)nc2N1. The lowest BCUT2D eigenvalue weighted by molar-refractivity contribution is -0.137. The minimum Gasteiger partial charge on any atom is -0.484 e. The van der Waals surface area contributed by atoms with Crippen LogP contribution in [0.3, 0.4) is 0 Å². The first-order chi connectivity index (χ1) is 22.3. The van der Waals surface area contributed by atoms with Gasteiger partial charge < -0.3 is 25.0 Å². The van der Waals surface area contributed by atoms with Gasteiger partial charge in [0, 0.05) is 30.2 Å². The summed E-state index contributed by atoms with van der Waals surface area (Å²) >= 11 is 1.31. The largest absolute Gasteiger partial charge is 0.484 e. The van der Waals surface area contributed by atoms with Gasteiger partial charge in [0.25, 0.3) is 11.8 Å². The molecule has 4 aromatic rings. The van der Waals surface area contributed by atoms with Crippen molar-refractivity contribution in [2.75, 3.05) is 43.5 Å². The van der Waals surface area contributed by atoms with Crippen molar-refractivity contribution >= 4 is 35.2 Å². The van der Waals surface area contributed by atoms with E-state index >= 15 is 0 Å². The summed E-state index contributed by atoms with van der Waals surface area (Å²) in [7, 11) is 0. The van der Waals surface area contributed by atoms with Gasteiger partial charge in [-0.15, -0.1) is 5.10 Å². The molecule has 0 radical (unpaired) electrons. The van der Waals surface area contributed by atoms with Gasteiger partial charge in [-0.1, -0.05) is 59.8 Å².